The Balaban J connectivity index is 2.23. The number of benzene rings is 1. The molecule has 0 aromatic heterocycles. The second kappa shape index (κ2) is 9.99. The number of unbranched alkanes of at least 4 members (excludes halogenated alkanes) is 1. The van der Waals surface area contributed by atoms with E-state index in [1.807, 2.05) is 19.9 Å². The molecule has 1 atom stereocenters. The van der Waals surface area contributed by atoms with Crippen LogP contribution in [-0.2, 0) is 10.3 Å². The molecule has 6 heteroatoms. The van der Waals surface area contributed by atoms with Gasteiger partial charge in [-0.15, -0.1) is 10.1 Å². The lowest BCUT2D eigenvalue weighted by molar-refractivity contribution is -0.757. The van der Waals surface area contributed by atoms with Crippen molar-refractivity contribution in [3.63, 3.8) is 0 Å². The van der Waals surface area contributed by atoms with E-state index < -0.39 is 5.09 Å². The lowest BCUT2D eigenvalue weighted by atomic mass is 9.77. The van der Waals surface area contributed by atoms with Gasteiger partial charge in [0.1, 0.15) is 11.5 Å². The van der Waals surface area contributed by atoms with E-state index in [2.05, 4.69) is 37.8 Å². The molecule has 0 radical (unpaired) electrons. The molecule has 2 rings (SSSR count). The van der Waals surface area contributed by atoms with Gasteiger partial charge in [-0.25, -0.2) is 0 Å². The number of rotatable bonds is 10. The van der Waals surface area contributed by atoms with Crippen LogP contribution in [0.3, 0.4) is 0 Å². The summed E-state index contributed by atoms with van der Waals surface area (Å²) in [6, 6.07) is 3.96. The fourth-order valence-electron chi connectivity index (χ4n) is 4.07. The monoisotopic (exact) mass is 405 g/mol. The zero-order valence-corrected chi connectivity index (χ0v) is 18.4. The van der Waals surface area contributed by atoms with Gasteiger partial charge in [0, 0.05) is 5.56 Å². The third-order valence-electron chi connectivity index (χ3n) is 5.64. The highest BCUT2D eigenvalue weighted by molar-refractivity contribution is 5.52. The van der Waals surface area contributed by atoms with Crippen LogP contribution < -0.4 is 4.74 Å². The second-order valence-electron chi connectivity index (χ2n) is 9.00. The average Bonchev–Trinajstić information content (AvgIpc) is 2.60. The number of ether oxygens (including phenoxy) is 1. The topological polar surface area (TPSA) is 81.8 Å². The number of allylic oxidation sites excluding steroid dienone is 2. The standard InChI is InChI=1S/C23H35NO5/c1-16(2)29-21-15-19(23(4,5)11-6-7-12-28-24(26)27)14-20(25)22(21)18-10-8-9-17(3)13-18/h9,14-16,18,25H,6-8,10-13H2,1-5H3. The molecule has 0 saturated heterocycles. The van der Waals surface area contributed by atoms with Crippen LogP contribution in [0.1, 0.15) is 90.2 Å². The first-order valence-electron chi connectivity index (χ1n) is 10.6. The summed E-state index contributed by atoms with van der Waals surface area (Å²) in [6.45, 7) is 10.5. The van der Waals surface area contributed by atoms with Crippen molar-refractivity contribution in [2.24, 2.45) is 0 Å². The van der Waals surface area contributed by atoms with Crippen molar-refractivity contribution in [1.29, 1.82) is 0 Å². The third-order valence-corrected chi connectivity index (χ3v) is 5.64. The molecule has 1 N–H and O–H groups in total. The van der Waals surface area contributed by atoms with E-state index in [4.69, 9.17) is 4.74 Å². The highest BCUT2D eigenvalue weighted by Crippen LogP contribution is 2.45. The molecule has 1 aliphatic rings. The molecular formula is C23H35NO5. The number of phenolic OH excluding ortho intramolecular Hbond substituents is 1. The normalized spacial score (nSPS) is 17.2. The minimum Gasteiger partial charge on any atom is -0.508 e. The lowest BCUT2D eigenvalue weighted by Gasteiger charge is -2.30. The molecule has 6 nitrogen and oxygen atoms in total. The van der Waals surface area contributed by atoms with E-state index in [-0.39, 0.29) is 24.0 Å². The molecule has 162 valence electrons. The molecule has 0 bridgehead atoms. The van der Waals surface area contributed by atoms with Gasteiger partial charge in [0.05, 0.1) is 12.7 Å². The van der Waals surface area contributed by atoms with Gasteiger partial charge in [-0.2, -0.15) is 0 Å². The van der Waals surface area contributed by atoms with Crippen LogP contribution in [0.5, 0.6) is 11.5 Å². The molecule has 1 unspecified atom stereocenters. The van der Waals surface area contributed by atoms with Crippen molar-refractivity contribution < 1.29 is 19.8 Å². The predicted molar refractivity (Wildman–Crippen MR) is 114 cm³/mol. The highest BCUT2D eigenvalue weighted by Gasteiger charge is 2.28. The van der Waals surface area contributed by atoms with Crippen LogP contribution in [0.25, 0.3) is 0 Å². The van der Waals surface area contributed by atoms with Gasteiger partial charge in [0.25, 0.3) is 5.09 Å². The molecule has 1 aromatic carbocycles. The molecule has 1 aliphatic carbocycles. The predicted octanol–water partition coefficient (Wildman–Crippen LogP) is 6.05. The quantitative estimate of drug-likeness (QED) is 0.222. The molecule has 0 aliphatic heterocycles. The largest absolute Gasteiger partial charge is 0.508 e. The van der Waals surface area contributed by atoms with Crippen LogP contribution >= 0.6 is 0 Å². The van der Waals surface area contributed by atoms with E-state index in [1.165, 1.54) is 5.57 Å². The number of hydrogen-bond acceptors (Lipinski definition) is 5. The molecule has 0 amide bonds. The van der Waals surface area contributed by atoms with Crippen LogP contribution in [0.4, 0.5) is 0 Å². The van der Waals surface area contributed by atoms with Crippen LogP contribution in [-0.4, -0.2) is 22.9 Å². The molecule has 0 heterocycles. The third kappa shape index (κ3) is 6.65. The maximum atomic E-state index is 11.0. The minimum atomic E-state index is -0.750. The average molecular weight is 406 g/mol. The van der Waals surface area contributed by atoms with Gasteiger partial charge >= 0.3 is 0 Å². The smallest absolute Gasteiger partial charge is 0.294 e. The number of aromatic hydroxyl groups is 1. The summed E-state index contributed by atoms with van der Waals surface area (Å²) in [7, 11) is 0. The first kappa shape index (κ1) is 23.0. The van der Waals surface area contributed by atoms with Gasteiger partial charge in [-0.3, -0.25) is 0 Å². The Labute approximate surface area is 174 Å². The number of nitrogens with zero attached hydrogens (tertiary/aromatic N) is 1. The van der Waals surface area contributed by atoms with E-state index in [1.54, 1.807) is 0 Å². The lowest BCUT2D eigenvalue weighted by Crippen LogP contribution is -2.19. The van der Waals surface area contributed by atoms with Crippen molar-refractivity contribution in [2.75, 3.05) is 6.61 Å². The zero-order chi connectivity index (χ0) is 21.6. The maximum Gasteiger partial charge on any atom is 0.294 e. The first-order valence-corrected chi connectivity index (χ1v) is 10.6. The van der Waals surface area contributed by atoms with Crippen molar-refractivity contribution in [3.8, 4) is 11.5 Å². The second-order valence-corrected chi connectivity index (χ2v) is 9.00. The Morgan fingerprint density at radius 2 is 2.03 bits per heavy atom. The summed E-state index contributed by atoms with van der Waals surface area (Å²) >= 11 is 0. The number of hydrogen-bond donors (Lipinski definition) is 1. The molecule has 29 heavy (non-hydrogen) atoms. The molecule has 0 saturated carbocycles. The Hall–Kier alpha value is -2.24. The maximum absolute atomic E-state index is 11.0. The minimum absolute atomic E-state index is 0.0195. The summed E-state index contributed by atoms with van der Waals surface area (Å²) in [4.78, 5) is 14.7. The Morgan fingerprint density at radius 1 is 1.31 bits per heavy atom. The van der Waals surface area contributed by atoms with E-state index >= 15 is 0 Å². The van der Waals surface area contributed by atoms with E-state index in [0.717, 1.165) is 49.0 Å². The van der Waals surface area contributed by atoms with Crippen molar-refractivity contribution in [3.05, 3.63) is 45.0 Å². The van der Waals surface area contributed by atoms with Crippen LogP contribution in [0.15, 0.2) is 23.8 Å². The van der Waals surface area contributed by atoms with E-state index in [9.17, 15) is 15.2 Å². The fraction of sp³-hybridized carbons (Fsp3) is 0.652. The summed E-state index contributed by atoms with van der Waals surface area (Å²) in [6.07, 6.45) is 7.53. The Morgan fingerprint density at radius 3 is 2.66 bits per heavy atom. The molecular weight excluding hydrogens is 370 g/mol. The van der Waals surface area contributed by atoms with Crippen molar-refractivity contribution >= 4 is 0 Å². The zero-order valence-electron chi connectivity index (χ0n) is 18.4. The van der Waals surface area contributed by atoms with Gasteiger partial charge in [-0.1, -0.05) is 31.9 Å². The fourth-order valence-corrected chi connectivity index (χ4v) is 4.07. The molecule has 0 fully saturated rings. The molecule has 0 spiro atoms. The summed E-state index contributed by atoms with van der Waals surface area (Å²) in [5, 5.41) is 20.5. The highest BCUT2D eigenvalue weighted by atomic mass is 16.9. The van der Waals surface area contributed by atoms with Gasteiger partial charge < -0.3 is 14.7 Å². The summed E-state index contributed by atoms with van der Waals surface area (Å²) < 4.78 is 6.15. The Kier molecular flexibility index (Phi) is 7.94. The number of phenols is 1. The Bertz CT molecular complexity index is 739. The van der Waals surface area contributed by atoms with Gasteiger partial charge in [-0.05, 0) is 81.9 Å². The summed E-state index contributed by atoms with van der Waals surface area (Å²) in [5.74, 6) is 1.35. The van der Waals surface area contributed by atoms with Gasteiger partial charge in [0.2, 0.25) is 0 Å². The SMILES string of the molecule is CC1=CCCC(c2c(O)cc(C(C)(C)CCCCO[N+](=O)[O-])cc2OC(C)C)C1. The van der Waals surface area contributed by atoms with Crippen molar-refractivity contribution in [1.82, 2.24) is 0 Å². The first-order chi connectivity index (χ1) is 13.6. The van der Waals surface area contributed by atoms with E-state index in [0.29, 0.717) is 12.2 Å². The van der Waals surface area contributed by atoms with Crippen molar-refractivity contribution in [2.45, 2.75) is 90.6 Å². The summed E-state index contributed by atoms with van der Waals surface area (Å²) in [5.41, 5.74) is 3.11. The van der Waals surface area contributed by atoms with Gasteiger partial charge in [0.15, 0.2) is 0 Å². The van der Waals surface area contributed by atoms with Crippen LogP contribution in [0.2, 0.25) is 0 Å². The molecule has 1 aromatic rings. The van der Waals surface area contributed by atoms with Crippen LogP contribution in [0, 0.1) is 10.1 Å².